The highest BCUT2D eigenvalue weighted by Crippen LogP contribution is 2.14. The zero-order valence-electron chi connectivity index (χ0n) is 11.9. The minimum absolute atomic E-state index is 0.508. The molecule has 1 atom stereocenters. The van der Waals surface area contributed by atoms with Crippen LogP contribution in [0.25, 0.3) is 0 Å². The van der Waals surface area contributed by atoms with Crippen molar-refractivity contribution in [2.75, 3.05) is 20.1 Å². The van der Waals surface area contributed by atoms with Gasteiger partial charge in [-0.1, -0.05) is 6.92 Å². The second kappa shape index (κ2) is 6.34. The van der Waals surface area contributed by atoms with Crippen LogP contribution in [0.2, 0.25) is 0 Å². The molecule has 4 heteroatoms. The first kappa shape index (κ1) is 13.6. The first-order valence-electron chi connectivity index (χ1n) is 7.16. The number of nitrogens with zero attached hydrogens (tertiary/aromatic N) is 3. The van der Waals surface area contributed by atoms with E-state index >= 15 is 0 Å². The molecular formula is C14H26N4. The normalized spacial score (nSPS) is 20.2. The van der Waals surface area contributed by atoms with E-state index in [0.29, 0.717) is 12.1 Å². The van der Waals surface area contributed by atoms with Gasteiger partial charge in [0.15, 0.2) is 0 Å². The highest BCUT2D eigenvalue weighted by Gasteiger charge is 2.18. The summed E-state index contributed by atoms with van der Waals surface area (Å²) in [5.74, 6) is 0. The lowest BCUT2D eigenvalue weighted by Crippen LogP contribution is -2.40. The summed E-state index contributed by atoms with van der Waals surface area (Å²) in [5, 5.41) is 8.04. The number of hydrogen-bond donors (Lipinski definition) is 1. The van der Waals surface area contributed by atoms with Gasteiger partial charge in [-0.2, -0.15) is 5.10 Å². The molecule has 1 aliphatic heterocycles. The predicted octanol–water partition coefficient (Wildman–Crippen LogP) is 2.04. The van der Waals surface area contributed by atoms with Crippen LogP contribution in [0.15, 0.2) is 12.3 Å². The lowest BCUT2D eigenvalue weighted by Gasteiger charge is -2.31. The van der Waals surface area contributed by atoms with Crippen molar-refractivity contribution in [3.63, 3.8) is 0 Å². The number of rotatable bonds is 5. The minimum Gasteiger partial charge on any atom is -0.317 e. The van der Waals surface area contributed by atoms with Gasteiger partial charge in [-0.3, -0.25) is 9.58 Å². The van der Waals surface area contributed by atoms with Crippen LogP contribution in [0.4, 0.5) is 0 Å². The van der Waals surface area contributed by atoms with Crippen molar-refractivity contribution in [1.82, 2.24) is 20.0 Å². The molecule has 0 saturated carbocycles. The van der Waals surface area contributed by atoms with Crippen molar-refractivity contribution >= 4 is 0 Å². The zero-order valence-corrected chi connectivity index (χ0v) is 11.9. The van der Waals surface area contributed by atoms with E-state index in [1.807, 2.05) is 0 Å². The average molecular weight is 250 g/mol. The lowest BCUT2D eigenvalue weighted by atomic mass is 10.1. The van der Waals surface area contributed by atoms with E-state index in [1.54, 1.807) is 0 Å². The Labute approximate surface area is 110 Å². The van der Waals surface area contributed by atoms with E-state index in [9.17, 15) is 0 Å². The van der Waals surface area contributed by atoms with Crippen LogP contribution in [0.1, 0.15) is 44.8 Å². The van der Waals surface area contributed by atoms with Gasteiger partial charge in [-0.05, 0) is 39.3 Å². The number of piperidine rings is 1. The molecule has 2 heterocycles. The Kier molecular flexibility index (Phi) is 4.78. The quantitative estimate of drug-likeness (QED) is 0.868. The summed E-state index contributed by atoms with van der Waals surface area (Å²) in [5.41, 5.74) is 1.21. The van der Waals surface area contributed by atoms with Gasteiger partial charge in [0, 0.05) is 37.9 Å². The van der Waals surface area contributed by atoms with Crippen molar-refractivity contribution < 1.29 is 0 Å². The topological polar surface area (TPSA) is 33.1 Å². The molecule has 1 aromatic rings. The highest BCUT2D eigenvalue weighted by molar-refractivity contribution is 5.00. The number of aromatic nitrogens is 2. The highest BCUT2D eigenvalue weighted by atomic mass is 15.3. The Balaban J connectivity index is 1.85. The molecule has 1 aromatic heterocycles. The molecule has 4 nitrogen and oxygen atoms in total. The van der Waals surface area contributed by atoms with E-state index < -0.39 is 0 Å². The molecule has 18 heavy (non-hydrogen) atoms. The molecule has 0 amide bonds. The first-order valence-corrected chi connectivity index (χ1v) is 7.16. The van der Waals surface area contributed by atoms with E-state index in [1.165, 1.54) is 31.6 Å². The molecule has 1 N–H and O–H groups in total. The second-order valence-corrected chi connectivity index (χ2v) is 5.38. The molecule has 2 rings (SSSR count). The summed E-state index contributed by atoms with van der Waals surface area (Å²) in [6.07, 6.45) is 5.75. The standard InChI is InChI=1S/C14H26N4/c1-4-12(2)18-10-7-14(16-18)11-17-8-5-13(15-3)6-9-17/h7,10,12-13,15H,4-6,8-9,11H2,1-3H3. The number of nitrogens with one attached hydrogen (secondary N) is 1. The largest absolute Gasteiger partial charge is 0.317 e. The van der Waals surface area contributed by atoms with Crippen LogP contribution < -0.4 is 5.32 Å². The second-order valence-electron chi connectivity index (χ2n) is 5.38. The summed E-state index contributed by atoms with van der Waals surface area (Å²) >= 11 is 0. The first-order chi connectivity index (χ1) is 8.72. The Morgan fingerprint density at radius 3 is 2.78 bits per heavy atom. The fourth-order valence-electron chi connectivity index (χ4n) is 2.50. The zero-order chi connectivity index (χ0) is 13.0. The Morgan fingerprint density at radius 2 is 2.17 bits per heavy atom. The monoisotopic (exact) mass is 250 g/mol. The molecule has 0 radical (unpaired) electrons. The summed E-state index contributed by atoms with van der Waals surface area (Å²) in [7, 11) is 2.06. The van der Waals surface area contributed by atoms with Crippen LogP contribution in [-0.4, -0.2) is 40.9 Å². The van der Waals surface area contributed by atoms with Crippen molar-refractivity contribution in [1.29, 1.82) is 0 Å². The van der Waals surface area contributed by atoms with Crippen LogP contribution >= 0.6 is 0 Å². The smallest absolute Gasteiger partial charge is 0.0764 e. The van der Waals surface area contributed by atoms with Gasteiger partial charge in [-0.15, -0.1) is 0 Å². The molecule has 0 aliphatic carbocycles. The Bertz CT molecular complexity index is 352. The predicted molar refractivity (Wildman–Crippen MR) is 74.6 cm³/mol. The maximum atomic E-state index is 4.67. The molecule has 1 aliphatic rings. The van der Waals surface area contributed by atoms with Crippen LogP contribution in [0.3, 0.4) is 0 Å². The third-order valence-corrected chi connectivity index (χ3v) is 4.09. The number of hydrogen-bond acceptors (Lipinski definition) is 3. The molecule has 0 aromatic carbocycles. The molecule has 0 spiro atoms. The summed E-state index contributed by atoms with van der Waals surface area (Å²) in [6, 6.07) is 3.38. The maximum absolute atomic E-state index is 4.67. The molecule has 1 fully saturated rings. The van der Waals surface area contributed by atoms with Crippen molar-refractivity contribution in [3.05, 3.63) is 18.0 Å². The van der Waals surface area contributed by atoms with Crippen LogP contribution in [0, 0.1) is 0 Å². The van der Waals surface area contributed by atoms with Crippen molar-refractivity contribution in [3.8, 4) is 0 Å². The van der Waals surface area contributed by atoms with Crippen molar-refractivity contribution in [2.45, 2.75) is 51.7 Å². The summed E-state index contributed by atoms with van der Waals surface area (Å²) in [4.78, 5) is 2.51. The van der Waals surface area contributed by atoms with E-state index in [4.69, 9.17) is 0 Å². The fourth-order valence-corrected chi connectivity index (χ4v) is 2.50. The molecule has 1 unspecified atom stereocenters. The fraction of sp³-hybridized carbons (Fsp3) is 0.786. The van der Waals surface area contributed by atoms with Gasteiger partial charge in [0.2, 0.25) is 0 Å². The van der Waals surface area contributed by atoms with Crippen LogP contribution in [0.5, 0.6) is 0 Å². The van der Waals surface area contributed by atoms with Crippen LogP contribution in [-0.2, 0) is 6.54 Å². The van der Waals surface area contributed by atoms with E-state index in [2.05, 4.69) is 53.2 Å². The van der Waals surface area contributed by atoms with Gasteiger partial charge in [0.1, 0.15) is 0 Å². The average Bonchev–Trinajstić information content (AvgIpc) is 2.87. The Hall–Kier alpha value is -0.870. The molecule has 102 valence electrons. The van der Waals surface area contributed by atoms with Gasteiger partial charge in [0.05, 0.1) is 5.69 Å². The van der Waals surface area contributed by atoms with E-state index in [0.717, 1.165) is 13.0 Å². The SMILES string of the molecule is CCC(C)n1ccc(CN2CCC(NC)CC2)n1. The van der Waals surface area contributed by atoms with Gasteiger partial charge >= 0.3 is 0 Å². The van der Waals surface area contributed by atoms with Gasteiger partial charge in [-0.25, -0.2) is 0 Å². The summed E-state index contributed by atoms with van der Waals surface area (Å²) in [6.45, 7) is 7.78. The van der Waals surface area contributed by atoms with Gasteiger partial charge in [0.25, 0.3) is 0 Å². The minimum atomic E-state index is 0.508. The number of likely N-dealkylation sites (tertiary alicyclic amines) is 1. The van der Waals surface area contributed by atoms with Crippen molar-refractivity contribution in [2.24, 2.45) is 0 Å². The molecule has 1 saturated heterocycles. The third-order valence-electron chi connectivity index (χ3n) is 4.09. The lowest BCUT2D eigenvalue weighted by molar-refractivity contribution is 0.192. The maximum Gasteiger partial charge on any atom is 0.0764 e. The van der Waals surface area contributed by atoms with Gasteiger partial charge < -0.3 is 5.32 Å². The molecular weight excluding hydrogens is 224 g/mol. The van der Waals surface area contributed by atoms with E-state index in [-0.39, 0.29) is 0 Å². The summed E-state index contributed by atoms with van der Waals surface area (Å²) < 4.78 is 2.09. The molecule has 0 bridgehead atoms. The Morgan fingerprint density at radius 1 is 1.44 bits per heavy atom. The third kappa shape index (κ3) is 3.33.